The molecular weight excluding hydrogens is 267 g/mol. The van der Waals surface area contributed by atoms with Gasteiger partial charge in [0.1, 0.15) is 5.82 Å². The summed E-state index contributed by atoms with van der Waals surface area (Å²) < 4.78 is 13.3. The first-order chi connectivity index (χ1) is 10.1. The molecule has 4 heteroatoms. The van der Waals surface area contributed by atoms with Gasteiger partial charge < -0.3 is 11.1 Å². The van der Waals surface area contributed by atoms with Crippen molar-refractivity contribution in [1.82, 2.24) is 0 Å². The first-order valence-electron chi connectivity index (χ1n) is 7.95. The zero-order valence-electron chi connectivity index (χ0n) is 12.7. The molecular formula is C17H25FN2O. The van der Waals surface area contributed by atoms with E-state index in [1.165, 1.54) is 31.4 Å². The largest absolute Gasteiger partial charge is 0.399 e. The average Bonchev–Trinajstić information content (AvgIpc) is 2.44. The summed E-state index contributed by atoms with van der Waals surface area (Å²) in [6.45, 7) is 2.21. The molecule has 1 aromatic rings. The quantitative estimate of drug-likeness (QED) is 0.793. The normalized spacial score (nSPS) is 22.0. The molecule has 0 spiro atoms. The minimum absolute atomic E-state index is 0.00561. The summed E-state index contributed by atoms with van der Waals surface area (Å²) >= 11 is 0. The molecule has 116 valence electrons. The van der Waals surface area contributed by atoms with Crippen LogP contribution in [0.2, 0.25) is 0 Å². The predicted octanol–water partition coefficient (Wildman–Crippen LogP) is 4.34. The molecule has 0 bridgehead atoms. The van der Waals surface area contributed by atoms with Gasteiger partial charge in [-0.2, -0.15) is 0 Å². The summed E-state index contributed by atoms with van der Waals surface area (Å²) in [5, 5.41) is 2.79. The fourth-order valence-corrected chi connectivity index (χ4v) is 3.13. The number of carbonyl (C=O) groups is 1. The number of carbonyl (C=O) groups excluding carboxylic acids is 1. The van der Waals surface area contributed by atoms with Gasteiger partial charge in [-0.3, -0.25) is 4.79 Å². The second-order valence-corrected chi connectivity index (χ2v) is 6.12. The summed E-state index contributed by atoms with van der Waals surface area (Å²) in [6, 6.07) is 4.14. The van der Waals surface area contributed by atoms with Gasteiger partial charge in [-0.25, -0.2) is 4.39 Å². The van der Waals surface area contributed by atoms with Crippen molar-refractivity contribution in [2.24, 2.45) is 11.8 Å². The van der Waals surface area contributed by atoms with Gasteiger partial charge in [-0.1, -0.05) is 26.2 Å². The predicted molar refractivity (Wildman–Crippen MR) is 84.4 cm³/mol. The highest BCUT2D eigenvalue weighted by Crippen LogP contribution is 2.32. The maximum Gasteiger partial charge on any atom is 0.227 e. The monoisotopic (exact) mass is 292 g/mol. The Morgan fingerprint density at radius 2 is 2.00 bits per heavy atom. The summed E-state index contributed by atoms with van der Waals surface area (Å²) in [5.74, 6) is 0.397. The lowest BCUT2D eigenvalue weighted by Crippen LogP contribution is -2.27. The van der Waals surface area contributed by atoms with Crippen LogP contribution in [0.4, 0.5) is 15.8 Å². The van der Waals surface area contributed by atoms with Gasteiger partial charge in [-0.05, 0) is 49.8 Å². The summed E-state index contributed by atoms with van der Waals surface area (Å²) in [6.07, 6.45) is 7.93. The Morgan fingerprint density at radius 1 is 1.29 bits per heavy atom. The molecule has 1 amide bonds. The van der Waals surface area contributed by atoms with E-state index >= 15 is 0 Å². The highest BCUT2D eigenvalue weighted by molar-refractivity contribution is 5.93. The van der Waals surface area contributed by atoms with Crippen molar-refractivity contribution >= 4 is 17.3 Å². The van der Waals surface area contributed by atoms with E-state index in [-0.39, 0.29) is 11.8 Å². The van der Waals surface area contributed by atoms with Crippen LogP contribution in [0.5, 0.6) is 0 Å². The van der Waals surface area contributed by atoms with E-state index in [9.17, 15) is 9.18 Å². The van der Waals surface area contributed by atoms with E-state index in [0.717, 1.165) is 31.6 Å². The van der Waals surface area contributed by atoms with E-state index in [2.05, 4.69) is 12.2 Å². The standard InChI is InChI=1S/C17H25FN2O/c1-2-3-4-12-5-7-13(8-6-12)17(21)20-16-10-14(18)9-15(19)11-16/h9-13H,2-8,19H2,1H3,(H,20,21). The maximum atomic E-state index is 13.3. The van der Waals surface area contributed by atoms with Gasteiger partial charge >= 0.3 is 0 Å². The molecule has 0 aliphatic heterocycles. The first-order valence-corrected chi connectivity index (χ1v) is 7.95. The lowest BCUT2D eigenvalue weighted by atomic mass is 9.79. The smallest absolute Gasteiger partial charge is 0.227 e. The fraction of sp³-hybridized carbons (Fsp3) is 0.588. The molecule has 3 nitrogen and oxygen atoms in total. The summed E-state index contributed by atoms with van der Waals surface area (Å²) in [5.41, 5.74) is 6.36. The molecule has 21 heavy (non-hydrogen) atoms. The second kappa shape index (κ2) is 7.43. The third-order valence-corrected chi connectivity index (χ3v) is 4.37. The SMILES string of the molecule is CCCCC1CCC(C(=O)Nc2cc(N)cc(F)c2)CC1. The third-order valence-electron chi connectivity index (χ3n) is 4.37. The van der Waals surface area contributed by atoms with Crippen LogP contribution in [0.25, 0.3) is 0 Å². The molecule has 1 aliphatic carbocycles. The van der Waals surface area contributed by atoms with E-state index in [4.69, 9.17) is 5.73 Å². The van der Waals surface area contributed by atoms with Crippen molar-refractivity contribution in [2.75, 3.05) is 11.1 Å². The number of hydrogen-bond acceptors (Lipinski definition) is 2. The number of nitrogens with two attached hydrogens (primary N) is 1. The molecule has 0 unspecified atom stereocenters. The number of anilines is 2. The van der Waals surface area contributed by atoms with Crippen LogP contribution >= 0.6 is 0 Å². The van der Waals surface area contributed by atoms with Crippen molar-refractivity contribution in [3.05, 3.63) is 24.0 Å². The van der Waals surface area contributed by atoms with E-state index in [0.29, 0.717) is 11.4 Å². The van der Waals surface area contributed by atoms with Crippen LogP contribution in [-0.2, 0) is 4.79 Å². The van der Waals surface area contributed by atoms with Crippen LogP contribution in [-0.4, -0.2) is 5.91 Å². The van der Waals surface area contributed by atoms with Gasteiger partial charge in [0, 0.05) is 17.3 Å². The number of rotatable bonds is 5. The molecule has 0 saturated heterocycles. The van der Waals surface area contributed by atoms with Crippen LogP contribution in [0, 0.1) is 17.7 Å². The average molecular weight is 292 g/mol. The van der Waals surface area contributed by atoms with Crippen molar-refractivity contribution in [3.63, 3.8) is 0 Å². The molecule has 1 fully saturated rings. The number of nitrogen functional groups attached to an aromatic ring is 1. The number of unbranched alkanes of at least 4 members (excludes halogenated alkanes) is 1. The van der Waals surface area contributed by atoms with E-state index in [1.54, 1.807) is 6.07 Å². The zero-order chi connectivity index (χ0) is 15.2. The van der Waals surface area contributed by atoms with E-state index in [1.807, 2.05) is 0 Å². The van der Waals surface area contributed by atoms with Crippen LogP contribution in [0.15, 0.2) is 18.2 Å². The molecule has 1 saturated carbocycles. The molecule has 0 radical (unpaired) electrons. The number of amides is 1. The van der Waals surface area contributed by atoms with Gasteiger partial charge in [0.25, 0.3) is 0 Å². The summed E-state index contributed by atoms with van der Waals surface area (Å²) in [7, 11) is 0. The lowest BCUT2D eigenvalue weighted by molar-refractivity contribution is -0.121. The van der Waals surface area contributed by atoms with Crippen LogP contribution in [0.1, 0.15) is 51.9 Å². The van der Waals surface area contributed by atoms with Crippen LogP contribution < -0.4 is 11.1 Å². The highest BCUT2D eigenvalue weighted by atomic mass is 19.1. The molecule has 0 aromatic heterocycles. The van der Waals surface area contributed by atoms with Gasteiger partial charge in [-0.15, -0.1) is 0 Å². The maximum absolute atomic E-state index is 13.3. The third kappa shape index (κ3) is 4.73. The van der Waals surface area contributed by atoms with Crippen molar-refractivity contribution in [2.45, 2.75) is 51.9 Å². The zero-order valence-corrected chi connectivity index (χ0v) is 12.7. The minimum Gasteiger partial charge on any atom is -0.399 e. The lowest BCUT2D eigenvalue weighted by Gasteiger charge is -2.27. The fourth-order valence-electron chi connectivity index (χ4n) is 3.13. The Kier molecular flexibility index (Phi) is 5.59. The Morgan fingerprint density at radius 3 is 2.62 bits per heavy atom. The molecule has 0 atom stereocenters. The number of halogens is 1. The molecule has 1 aromatic carbocycles. The van der Waals surface area contributed by atoms with Gasteiger partial charge in [0.05, 0.1) is 0 Å². The van der Waals surface area contributed by atoms with E-state index < -0.39 is 5.82 Å². The van der Waals surface area contributed by atoms with Gasteiger partial charge in [0.2, 0.25) is 5.91 Å². The minimum atomic E-state index is -0.423. The first kappa shape index (κ1) is 15.8. The topological polar surface area (TPSA) is 55.1 Å². The number of benzene rings is 1. The molecule has 1 aliphatic rings. The molecule has 2 rings (SSSR count). The van der Waals surface area contributed by atoms with Crippen molar-refractivity contribution < 1.29 is 9.18 Å². The van der Waals surface area contributed by atoms with Crippen molar-refractivity contribution in [1.29, 1.82) is 0 Å². The Labute approximate surface area is 126 Å². The Hall–Kier alpha value is -1.58. The summed E-state index contributed by atoms with van der Waals surface area (Å²) in [4.78, 5) is 12.2. The molecule has 3 N–H and O–H groups in total. The second-order valence-electron chi connectivity index (χ2n) is 6.12. The number of hydrogen-bond donors (Lipinski definition) is 2. The molecule has 0 heterocycles. The highest BCUT2D eigenvalue weighted by Gasteiger charge is 2.26. The van der Waals surface area contributed by atoms with Crippen LogP contribution in [0.3, 0.4) is 0 Å². The number of nitrogens with one attached hydrogen (secondary N) is 1. The van der Waals surface area contributed by atoms with Gasteiger partial charge in [0.15, 0.2) is 0 Å². The van der Waals surface area contributed by atoms with Crippen molar-refractivity contribution in [3.8, 4) is 0 Å². The Bertz CT molecular complexity index is 461. The Balaban J connectivity index is 1.84.